The van der Waals surface area contributed by atoms with E-state index in [0.29, 0.717) is 10.8 Å². The third-order valence-electron chi connectivity index (χ3n) is 4.64. The maximum absolute atomic E-state index is 13.4. The molecule has 2 aromatic carbocycles. The van der Waals surface area contributed by atoms with E-state index < -0.39 is 21.8 Å². The average Bonchev–Trinajstić information content (AvgIpc) is 3.30. The minimum atomic E-state index is -3.88. The topological polar surface area (TPSA) is 121 Å². The van der Waals surface area contributed by atoms with Gasteiger partial charge in [-0.05, 0) is 42.0 Å². The van der Waals surface area contributed by atoms with Crippen LogP contribution in [0.3, 0.4) is 0 Å². The molecule has 0 unspecified atom stereocenters. The molecule has 9 nitrogen and oxygen atoms in total. The highest BCUT2D eigenvalue weighted by Crippen LogP contribution is 2.23. The Morgan fingerprint density at radius 1 is 1.00 bits per heavy atom. The number of amides is 2. The molecule has 0 aliphatic carbocycles. The lowest BCUT2D eigenvalue weighted by Crippen LogP contribution is -2.37. The number of furan rings is 1. The number of nitrogens with one attached hydrogen (secondary N) is 2. The second kappa shape index (κ2) is 12.1. The van der Waals surface area contributed by atoms with Gasteiger partial charge in [-0.25, -0.2) is 13.8 Å². The average molecular weight is 515 g/mol. The van der Waals surface area contributed by atoms with Crippen molar-refractivity contribution in [1.82, 2.24) is 15.0 Å². The van der Waals surface area contributed by atoms with Crippen LogP contribution in [0.25, 0.3) is 0 Å². The summed E-state index contributed by atoms with van der Waals surface area (Å²) in [6, 6.07) is 18.3. The van der Waals surface area contributed by atoms with Crippen LogP contribution < -0.4 is 10.7 Å². The first kappa shape index (κ1) is 25.9. The summed E-state index contributed by atoms with van der Waals surface area (Å²) in [6.45, 7) is 3.65. The van der Waals surface area contributed by atoms with Crippen molar-refractivity contribution in [3.63, 3.8) is 0 Å². The molecule has 11 heteroatoms. The van der Waals surface area contributed by atoms with Gasteiger partial charge in [0.15, 0.2) is 0 Å². The van der Waals surface area contributed by atoms with E-state index >= 15 is 0 Å². The second-order valence-corrected chi connectivity index (χ2v) is 9.59. The Kier molecular flexibility index (Phi) is 8.96. The Hall–Kier alpha value is -3.73. The first-order chi connectivity index (χ1) is 16.8. The van der Waals surface area contributed by atoms with Crippen LogP contribution in [0.15, 0.2) is 93.8 Å². The largest absolute Gasteiger partial charge is 0.459 e. The van der Waals surface area contributed by atoms with E-state index in [1.54, 1.807) is 12.1 Å². The Bertz CT molecular complexity index is 1310. The van der Waals surface area contributed by atoms with Crippen LogP contribution in [-0.2, 0) is 32.7 Å². The summed E-state index contributed by atoms with van der Waals surface area (Å²) in [5, 5.41) is 6.44. The van der Waals surface area contributed by atoms with Gasteiger partial charge in [0.05, 0.1) is 17.7 Å². The summed E-state index contributed by atoms with van der Waals surface area (Å²) < 4.78 is 33.7. The minimum absolute atomic E-state index is 0.0516. The van der Waals surface area contributed by atoms with Gasteiger partial charge in [-0.2, -0.15) is 9.41 Å². The molecule has 2 amide bonds. The highest BCUT2D eigenvalue weighted by molar-refractivity contribution is 7.89. The molecule has 0 bridgehead atoms. The Balaban J connectivity index is 1.75. The molecular weight excluding hydrogens is 492 g/mol. The van der Waals surface area contributed by atoms with Gasteiger partial charge in [0.25, 0.3) is 0 Å². The molecule has 1 heterocycles. The molecule has 35 heavy (non-hydrogen) atoms. The van der Waals surface area contributed by atoms with E-state index in [1.807, 2.05) is 30.3 Å². The predicted molar refractivity (Wildman–Crippen MR) is 132 cm³/mol. The zero-order valence-electron chi connectivity index (χ0n) is 18.6. The number of nitrogens with zero attached hydrogens (tertiary/aromatic N) is 2. The fourth-order valence-corrected chi connectivity index (χ4v) is 4.46. The zero-order chi connectivity index (χ0) is 25.3. The van der Waals surface area contributed by atoms with Crippen molar-refractivity contribution in [2.75, 3.05) is 6.54 Å². The van der Waals surface area contributed by atoms with E-state index in [9.17, 15) is 18.0 Å². The van der Waals surface area contributed by atoms with Gasteiger partial charge in [-0.1, -0.05) is 48.0 Å². The Morgan fingerprint density at radius 2 is 1.71 bits per heavy atom. The van der Waals surface area contributed by atoms with Crippen molar-refractivity contribution in [1.29, 1.82) is 0 Å². The number of hydrogen-bond acceptors (Lipinski definition) is 6. The lowest BCUT2D eigenvalue weighted by Gasteiger charge is -2.21. The zero-order valence-corrected chi connectivity index (χ0v) is 20.1. The molecule has 0 aliphatic rings. The SMILES string of the molecule is C=CCNC(=O)C(=O)N/N=C/c1ccc(CN(Cc2ccccc2)S(=O)(=O)c2ccc(Cl)cc2)o1. The van der Waals surface area contributed by atoms with E-state index in [-0.39, 0.29) is 30.3 Å². The van der Waals surface area contributed by atoms with Crippen LogP contribution in [0, 0.1) is 0 Å². The van der Waals surface area contributed by atoms with Crippen molar-refractivity contribution in [2.24, 2.45) is 5.10 Å². The van der Waals surface area contributed by atoms with Gasteiger partial charge >= 0.3 is 11.8 Å². The van der Waals surface area contributed by atoms with Crippen molar-refractivity contribution >= 4 is 39.7 Å². The van der Waals surface area contributed by atoms with Crippen LogP contribution in [-0.4, -0.2) is 37.3 Å². The monoisotopic (exact) mass is 514 g/mol. The number of halogens is 1. The summed E-state index contributed by atoms with van der Waals surface area (Å²) in [7, 11) is -3.88. The van der Waals surface area contributed by atoms with E-state index in [1.165, 1.54) is 40.9 Å². The lowest BCUT2D eigenvalue weighted by molar-refractivity contribution is -0.139. The molecular formula is C24H23ClN4O5S. The molecule has 3 rings (SSSR count). The standard InChI is InChI=1S/C24H23ClN4O5S/c1-2-14-26-23(30)24(31)28-27-15-20-10-11-21(34-20)17-29(16-18-6-4-3-5-7-18)35(32,33)22-12-8-19(25)9-13-22/h2-13,15H,1,14,16-17H2,(H,26,30)(H,28,31)/b27-15+. The van der Waals surface area contributed by atoms with Gasteiger partial charge in [0, 0.05) is 18.1 Å². The number of benzene rings is 2. The Morgan fingerprint density at radius 3 is 2.40 bits per heavy atom. The number of hydrogen-bond donors (Lipinski definition) is 2. The molecule has 1 aromatic heterocycles. The quantitative estimate of drug-likeness (QED) is 0.186. The summed E-state index contributed by atoms with van der Waals surface area (Å²) in [6.07, 6.45) is 2.64. The van der Waals surface area contributed by atoms with Gasteiger partial charge in [-0.3, -0.25) is 9.59 Å². The summed E-state index contributed by atoms with van der Waals surface area (Å²) in [5.41, 5.74) is 2.88. The van der Waals surface area contributed by atoms with Gasteiger partial charge in [-0.15, -0.1) is 6.58 Å². The number of rotatable bonds is 10. The smallest absolute Gasteiger partial charge is 0.329 e. The molecule has 0 saturated heterocycles. The summed E-state index contributed by atoms with van der Waals surface area (Å²) in [5.74, 6) is -1.19. The number of sulfonamides is 1. The fourth-order valence-electron chi connectivity index (χ4n) is 2.94. The fraction of sp³-hybridized carbons (Fsp3) is 0.125. The summed E-state index contributed by atoms with van der Waals surface area (Å²) >= 11 is 5.92. The van der Waals surface area contributed by atoms with Crippen molar-refractivity contribution in [3.8, 4) is 0 Å². The van der Waals surface area contributed by atoms with Gasteiger partial charge in [0.1, 0.15) is 11.5 Å². The number of carbonyl (C=O) groups excluding carboxylic acids is 2. The summed E-state index contributed by atoms with van der Waals surface area (Å²) in [4.78, 5) is 23.3. The maximum Gasteiger partial charge on any atom is 0.329 e. The first-order valence-electron chi connectivity index (χ1n) is 10.4. The number of hydrazone groups is 1. The number of carbonyl (C=O) groups is 2. The van der Waals surface area contributed by atoms with Crippen molar-refractivity contribution in [2.45, 2.75) is 18.0 Å². The highest BCUT2D eigenvalue weighted by atomic mass is 35.5. The molecule has 3 aromatic rings. The van der Waals surface area contributed by atoms with Crippen LogP contribution in [0.5, 0.6) is 0 Å². The molecule has 0 fully saturated rings. The van der Waals surface area contributed by atoms with E-state index in [2.05, 4.69) is 22.4 Å². The molecule has 0 aliphatic heterocycles. The van der Waals surface area contributed by atoms with Gasteiger partial charge in [0.2, 0.25) is 10.0 Å². The first-order valence-corrected chi connectivity index (χ1v) is 12.2. The normalized spacial score (nSPS) is 11.5. The molecule has 2 N–H and O–H groups in total. The van der Waals surface area contributed by atoms with Crippen molar-refractivity contribution < 1.29 is 22.4 Å². The van der Waals surface area contributed by atoms with Gasteiger partial charge < -0.3 is 9.73 Å². The molecule has 0 atom stereocenters. The van der Waals surface area contributed by atoms with E-state index in [4.69, 9.17) is 16.0 Å². The molecule has 0 spiro atoms. The van der Waals surface area contributed by atoms with E-state index in [0.717, 1.165) is 5.56 Å². The minimum Gasteiger partial charge on any atom is -0.459 e. The van der Waals surface area contributed by atoms with Crippen LogP contribution in [0.4, 0.5) is 0 Å². The molecule has 182 valence electrons. The third kappa shape index (κ3) is 7.38. The van der Waals surface area contributed by atoms with Crippen LogP contribution in [0.1, 0.15) is 17.1 Å². The van der Waals surface area contributed by atoms with Crippen LogP contribution in [0.2, 0.25) is 5.02 Å². The second-order valence-electron chi connectivity index (χ2n) is 7.21. The predicted octanol–water partition coefficient (Wildman–Crippen LogP) is 3.08. The van der Waals surface area contributed by atoms with Crippen LogP contribution >= 0.6 is 11.6 Å². The third-order valence-corrected chi connectivity index (χ3v) is 6.70. The molecule has 0 saturated carbocycles. The highest BCUT2D eigenvalue weighted by Gasteiger charge is 2.26. The maximum atomic E-state index is 13.4. The lowest BCUT2D eigenvalue weighted by atomic mass is 10.2. The Labute approximate surface area is 208 Å². The molecule has 0 radical (unpaired) electrons. The van der Waals surface area contributed by atoms with Crippen molar-refractivity contribution in [3.05, 3.63) is 101 Å².